The molecule has 1 unspecified atom stereocenters. The molecule has 1 fully saturated rings. The van der Waals surface area contributed by atoms with E-state index >= 15 is 0 Å². The molecule has 88 valence electrons. The maximum Gasteiger partial charge on any atom is 0.123 e. The third-order valence-corrected chi connectivity index (χ3v) is 3.08. The fourth-order valence-electron chi connectivity index (χ4n) is 2.22. The maximum absolute atomic E-state index is 12.7. The quantitative estimate of drug-likeness (QED) is 0.569. The Hall–Kier alpha value is 3.53. The Balaban J connectivity index is -0.000000562. The van der Waals surface area contributed by atoms with Crippen LogP contribution < -0.4 is 5.32 Å². The first-order valence-electron chi connectivity index (χ1n) is 5.23. The molecule has 0 bridgehead atoms. The van der Waals surface area contributed by atoms with Crippen molar-refractivity contribution in [3.05, 3.63) is 35.6 Å². The van der Waals surface area contributed by atoms with Crippen LogP contribution in [0.2, 0.25) is 0 Å². The Labute approximate surface area is 210 Å². The van der Waals surface area contributed by atoms with Crippen molar-refractivity contribution in [2.24, 2.45) is 5.92 Å². The van der Waals surface area contributed by atoms with E-state index in [1.54, 1.807) is 12.1 Å². The largest absolute Gasteiger partial charge is 0.316 e. The molecule has 6 heteroatoms. The second-order valence-electron chi connectivity index (χ2n) is 4.13. The normalized spacial score (nSPS) is 21.4. The van der Waals surface area contributed by atoms with Crippen LogP contribution in [0.15, 0.2) is 24.3 Å². The zero-order valence-corrected chi connectivity index (χ0v) is 22.1. The molecule has 1 saturated heterocycles. The van der Waals surface area contributed by atoms with Gasteiger partial charge in [0.05, 0.1) is 0 Å². The Morgan fingerprint density at radius 2 is 1.61 bits per heavy atom. The summed E-state index contributed by atoms with van der Waals surface area (Å²) < 4.78 is 12.7. The van der Waals surface area contributed by atoms with E-state index in [1.807, 2.05) is 12.1 Å². The Morgan fingerprint density at radius 1 is 1.06 bits per heavy atom. The Kier molecular flexibility index (Phi) is 20.8. The van der Waals surface area contributed by atoms with Gasteiger partial charge in [0.2, 0.25) is 0 Å². The SMILES string of the molecule is C[C@@H]1CNCCC1c1ccc(F)cc1.[Y].[Y].[Y].[Y]. The van der Waals surface area contributed by atoms with Crippen molar-refractivity contribution in [3.63, 3.8) is 0 Å². The molecule has 1 aliphatic rings. The first-order valence-corrected chi connectivity index (χ1v) is 5.23. The van der Waals surface area contributed by atoms with Gasteiger partial charge in [-0.25, -0.2) is 4.39 Å². The van der Waals surface area contributed by atoms with Crippen molar-refractivity contribution in [1.82, 2.24) is 5.32 Å². The molecule has 0 spiro atoms. The Bertz CT molecular complexity index is 307. The van der Waals surface area contributed by atoms with E-state index in [0.717, 1.165) is 19.5 Å². The minimum Gasteiger partial charge on any atom is -0.316 e. The number of piperidine rings is 1. The van der Waals surface area contributed by atoms with E-state index in [2.05, 4.69) is 12.2 Å². The molecule has 0 saturated carbocycles. The van der Waals surface area contributed by atoms with Crippen LogP contribution in [-0.4, -0.2) is 13.1 Å². The smallest absolute Gasteiger partial charge is 0.123 e. The van der Waals surface area contributed by atoms with Crippen LogP contribution in [0.3, 0.4) is 0 Å². The monoisotopic (exact) mass is 549 g/mol. The van der Waals surface area contributed by atoms with Gasteiger partial charge in [0, 0.05) is 131 Å². The molecule has 2 atom stereocenters. The number of hydrogen-bond acceptors (Lipinski definition) is 1. The summed E-state index contributed by atoms with van der Waals surface area (Å²) in [6.07, 6.45) is 1.16. The third-order valence-electron chi connectivity index (χ3n) is 3.08. The summed E-state index contributed by atoms with van der Waals surface area (Å²) in [6.45, 7) is 4.40. The van der Waals surface area contributed by atoms with Crippen LogP contribution >= 0.6 is 0 Å². The standard InChI is InChI=1S/C12H16FN.4Y/c1-9-8-14-7-6-12(9)10-2-4-11(13)5-3-10;;;;/h2-5,9,12,14H,6-8H2,1H3;;;;/t9-,12?;;;;/m1..../s1. The van der Waals surface area contributed by atoms with E-state index in [4.69, 9.17) is 0 Å². The molecule has 2 rings (SSSR count). The summed E-state index contributed by atoms with van der Waals surface area (Å²) in [5.74, 6) is 1.10. The van der Waals surface area contributed by atoms with Gasteiger partial charge in [-0.05, 0) is 49.0 Å². The van der Waals surface area contributed by atoms with Crippen LogP contribution in [-0.2, 0) is 131 Å². The van der Waals surface area contributed by atoms with E-state index in [-0.39, 0.29) is 137 Å². The summed E-state index contributed by atoms with van der Waals surface area (Å²) in [7, 11) is 0. The maximum atomic E-state index is 12.7. The van der Waals surface area contributed by atoms with Gasteiger partial charge in [-0.2, -0.15) is 0 Å². The first-order chi connectivity index (χ1) is 6.77. The minimum atomic E-state index is -0.143. The van der Waals surface area contributed by atoms with Gasteiger partial charge in [0.25, 0.3) is 0 Å². The van der Waals surface area contributed by atoms with E-state index in [1.165, 1.54) is 5.56 Å². The first kappa shape index (κ1) is 26.4. The van der Waals surface area contributed by atoms with Crippen molar-refractivity contribution in [3.8, 4) is 0 Å². The zero-order valence-electron chi connectivity index (χ0n) is 10.8. The summed E-state index contributed by atoms with van der Waals surface area (Å²) in [4.78, 5) is 0. The molecule has 1 N–H and O–H groups in total. The summed E-state index contributed by atoms with van der Waals surface area (Å²) in [6, 6.07) is 6.96. The van der Waals surface area contributed by atoms with Gasteiger partial charge in [-0.15, -0.1) is 0 Å². The molecule has 0 aromatic heterocycles. The molecule has 1 nitrogen and oxygen atoms in total. The van der Waals surface area contributed by atoms with Crippen LogP contribution in [0.5, 0.6) is 0 Å². The average molecular weight is 549 g/mol. The summed E-state index contributed by atoms with van der Waals surface area (Å²) in [5, 5.41) is 3.37. The summed E-state index contributed by atoms with van der Waals surface area (Å²) in [5.41, 5.74) is 1.28. The predicted molar refractivity (Wildman–Crippen MR) is 55.8 cm³/mol. The molecule has 4 radical (unpaired) electrons. The van der Waals surface area contributed by atoms with E-state index in [0.29, 0.717) is 11.8 Å². The van der Waals surface area contributed by atoms with Crippen molar-refractivity contribution in [2.45, 2.75) is 19.3 Å². The van der Waals surface area contributed by atoms with E-state index in [9.17, 15) is 4.39 Å². The van der Waals surface area contributed by atoms with Crippen LogP contribution in [0, 0.1) is 11.7 Å². The van der Waals surface area contributed by atoms with E-state index < -0.39 is 0 Å². The second-order valence-corrected chi connectivity index (χ2v) is 4.13. The zero-order chi connectivity index (χ0) is 9.97. The van der Waals surface area contributed by atoms with Gasteiger partial charge >= 0.3 is 0 Å². The van der Waals surface area contributed by atoms with Crippen molar-refractivity contribution >= 4 is 0 Å². The number of nitrogens with one attached hydrogen (secondary N) is 1. The number of hydrogen-bond donors (Lipinski definition) is 1. The molecule has 0 amide bonds. The Morgan fingerprint density at radius 3 is 2.11 bits per heavy atom. The van der Waals surface area contributed by atoms with Gasteiger partial charge in [-0.3, -0.25) is 0 Å². The molecule has 1 aromatic carbocycles. The second kappa shape index (κ2) is 14.1. The average Bonchev–Trinajstić information content (AvgIpc) is 2.20. The topological polar surface area (TPSA) is 12.0 Å². The molecular formula is C12H16FNY4. The number of rotatable bonds is 1. The van der Waals surface area contributed by atoms with Gasteiger partial charge in [-0.1, -0.05) is 19.1 Å². The third kappa shape index (κ3) is 8.24. The van der Waals surface area contributed by atoms with Crippen LogP contribution in [0.25, 0.3) is 0 Å². The molecule has 1 heterocycles. The fourth-order valence-corrected chi connectivity index (χ4v) is 2.22. The molecule has 0 aliphatic carbocycles. The van der Waals surface area contributed by atoms with Gasteiger partial charge in [0.1, 0.15) is 5.82 Å². The van der Waals surface area contributed by atoms with Crippen LogP contribution in [0.1, 0.15) is 24.8 Å². The minimum absolute atomic E-state index is 0. The predicted octanol–water partition coefficient (Wildman–Crippen LogP) is 2.53. The number of benzene rings is 1. The van der Waals surface area contributed by atoms with Gasteiger partial charge < -0.3 is 5.32 Å². The van der Waals surface area contributed by atoms with Crippen molar-refractivity contribution in [1.29, 1.82) is 0 Å². The molecule has 1 aliphatic heterocycles. The van der Waals surface area contributed by atoms with Crippen LogP contribution in [0.4, 0.5) is 4.39 Å². The fraction of sp³-hybridized carbons (Fsp3) is 0.500. The summed E-state index contributed by atoms with van der Waals surface area (Å²) >= 11 is 0. The molecular weight excluding hydrogens is 533 g/mol. The van der Waals surface area contributed by atoms with Gasteiger partial charge in [0.15, 0.2) is 0 Å². The van der Waals surface area contributed by atoms with Crippen molar-refractivity contribution < 1.29 is 135 Å². The molecule has 1 aromatic rings. The number of halogens is 1. The molecule has 18 heavy (non-hydrogen) atoms. The van der Waals surface area contributed by atoms with Crippen molar-refractivity contribution in [2.75, 3.05) is 13.1 Å².